The number of nitrogens with zero attached hydrogens (tertiary/aromatic N) is 4. The molecule has 192 valence electrons. The third kappa shape index (κ3) is 5.49. The van der Waals surface area contributed by atoms with Gasteiger partial charge >= 0.3 is 6.18 Å². The van der Waals surface area contributed by atoms with Gasteiger partial charge in [0.05, 0.1) is 18.4 Å². The van der Waals surface area contributed by atoms with E-state index in [1.54, 1.807) is 6.07 Å². The molecule has 1 atom stereocenters. The first-order chi connectivity index (χ1) is 18.3. The van der Waals surface area contributed by atoms with Crippen molar-refractivity contribution in [2.45, 2.75) is 18.9 Å². The third-order valence-corrected chi connectivity index (χ3v) is 5.57. The van der Waals surface area contributed by atoms with Crippen LogP contribution in [-0.2, 0) is 11.3 Å². The van der Waals surface area contributed by atoms with E-state index in [0.29, 0.717) is 28.0 Å². The van der Waals surface area contributed by atoms with Gasteiger partial charge in [-0.25, -0.2) is 14.4 Å². The highest BCUT2D eigenvalue weighted by atomic mass is 19.4. The zero-order chi connectivity index (χ0) is 26.7. The zero-order valence-electron chi connectivity index (χ0n) is 19.4. The monoisotopic (exact) mass is 522 g/mol. The average Bonchev–Trinajstić information content (AvgIpc) is 3.38. The average molecular weight is 522 g/mol. The fourth-order valence-corrected chi connectivity index (χ4v) is 3.70. The number of carbonyl (C=O) groups excluding carboxylic acids is 1. The van der Waals surface area contributed by atoms with Gasteiger partial charge in [0.15, 0.2) is 11.9 Å². The highest BCUT2D eigenvalue weighted by Crippen LogP contribution is 2.36. The summed E-state index contributed by atoms with van der Waals surface area (Å²) in [5, 5.41) is 12.8. The Morgan fingerprint density at radius 3 is 2.50 bits per heavy atom. The number of aromatic nitrogens is 5. The summed E-state index contributed by atoms with van der Waals surface area (Å²) in [6, 6.07) is 17.2. The van der Waals surface area contributed by atoms with Crippen LogP contribution in [0.5, 0.6) is 0 Å². The number of H-pyrrole nitrogens is 1. The molecule has 8 nitrogen and oxygen atoms in total. The molecule has 1 amide bonds. The minimum Gasteiger partial charge on any atom is -0.359 e. The summed E-state index contributed by atoms with van der Waals surface area (Å²) in [5.74, 6) is -1.24. The SMILES string of the molecule is O=C(Nc1ccc(CO[C@H](c2ccccc2)C(F)(F)F)cc1)c1cc(-c2ncc3n[nH]nc3n2)ccc1F. The molecule has 0 saturated carbocycles. The summed E-state index contributed by atoms with van der Waals surface area (Å²) in [6.07, 6.45) is -5.21. The van der Waals surface area contributed by atoms with E-state index < -0.39 is 24.0 Å². The predicted molar refractivity (Wildman–Crippen MR) is 129 cm³/mol. The zero-order valence-corrected chi connectivity index (χ0v) is 19.4. The molecule has 0 fully saturated rings. The molecule has 2 N–H and O–H groups in total. The quantitative estimate of drug-likeness (QED) is 0.269. The fourth-order valence-electron chi connectivity index (χ4n) is 3.70. The maximum absolute atomic E-state index is 14.5. The van der Waals surface area contributed by atoms with Gasteiger partial charge in [0.2, 0.25) is 5.65 Å². The van der Waals surface area contributed by atoms with E-state index in [-0.39, 0.29) is 23.6 Å². The van der Waals surface area contributed by atoms with Crippen molar-refractivity contribution in [1.29, 1.82) is 0 Å². The number of ether oxygens (including phenoxy) is 1. The van der Waals surface area contributed by atoms with Crippen LogP contribution in [0.3, 0.4) is 0 Å². The second kappa shape index (κ2) is 10.3. The van der Waals surface area contributed by atoms with Gasteiger partial charge in [0.1, 0.15) is 11.3 Å². The Kier molecular flexibility index (Phi) is 6.79. The van der Waals surface area contributed by atoms with E-state index in [1.165, 1.54) is 66.9 Å². The van der Waals surface area contributed by atoms with Crippen LogP contribution < -0.4 is 5.32 Å². The molecule has 0 radical (unpaired) electrons. The molecule has 5 rings (SSSR count). The second-order valence-electron chi connectivity index (χ2n) is 8.22. The number of halogens is 4. The van der Waals surface area contributed by atoms with Gasteiger partial charge in [0.25, 0.3) is 5.91 Å². The van der Waals surface area contributed by atoms with Gasteiger partial charge in [-0.05, 0) is 41.5 Å². The molecule has 2 aromatic heterocycles. The van der Waals surface area contributed by atoms with Gasteiger partial charge in [-0.1, -0.05) is 42.5 Å². The number of aromatic amines is 1. The van der Waals surface area contributed by atoms with E-state index in [2.05, 4.69) is 30.7 Å². The van der Waals surface area contributed by atoms with Gasteiger partial charge in [-0.2, -0.15) is 23.5 Å². The lowest BCUT2D eigenvalue weighted by molar-refractivity contribution is -0.227. The first-order valence-electron chi connectivity index (χ1n) is 11.2. The number of carbonyl (C=O) groups is 1. The molecule has 3 aromatic carbocycles. The van der Waals surface area contributed by atoms with Crippen molar-refractivity contribution in [1.82, 2.24) is 25.4 Å². The lowest BCUT2D eigenvalue weighted by atomic mass is 10.1. The number of anilines is 1. The molecule has 0 aliphatic carbocycles. The van der Waals surface area contributed by atoms with Gasteiger partial charge in [-0.15, -0.1) is 5.10 Å². The van der Waals surface area contributed by atoms with Crippen molar-refractivity contribution in [2.24, 2.45) is 0 Å². The number of benzene rings is 3. The Balaban J connectivity index is 1.27. The normalized spacial score (nSPS) is 12.4. The fraction of sp³-hybridized carbons (Fsp3) is 0.115. The van der Waals surface area contributed by atoms with Crippen LogP contribution >= 0.6 is 0 Å². The summed E-state index contributed by atoms with van der Waals surface area (Å²) in [4.78, 5) is 21.2. The Hall–Kier alpha value is -4.71. The van der Waals surface area contributed by atoms with Crippen molar-refractivity contribution >= 4 is 22.8 Å². The maximum Gasteiger partial charge on any atom is 0.418 e. The van der Waals surface area contributed by atoms with E-state index in [9.17, 15) is 22.4 Å². The van der Waals surface area contributed by atoms with Crippen molar-refractivity contribution in [3.63, 3.8) is 0 Å². The van der Waals surface area contributed by atoms with Gasteiger partial charge in [-0.3, -0.25) is 4.79 Å². The number of fused-ring (bicyclic) bond motifs is 1. The lowest BCUT2D eigenvalue weighted by Crippen LogP contribution is -2.23. The topological polar surface area (TPSA) is 106 Å². The summed E-state index contributed by atoms with van der Waals surface area (Å²) in [7, 11) is 0. The van der Waals surface area contributed by atoms with Crippen molar-refractivity contribution in [3.8, 4) is 11.4 Å². The smallest absolute Gasteiger partial charge is 0.359 e. The number of hydrogen-bond donors (Lipinski definition) is 2. The van der Waals surface area contributed by atoms with E-state index in [1.807, 2.05) is 0 Å². The largest absolute Gasteiger partial charge is 0.418 e. The highest BCUT2D eigenvalue weighted by molar-refractivity contribution is 6.05. The molecule has 5 aromatic rings. The molecule has 12 heteroatoms. The lowest BCUT2D eigenvalue weighted by Gasteiger charge is -2.21. The van der Waals surface area contributed by atoms with E-state index >= 15 is 0 Å². The summed E-state index contributed by atoms with van der Waals surface area (Å²) in [5.41, 5.74) is 1.71. The minimum absolute atomic E-state index is 0.000472. The Morgan fingerprint density at radius 2 is 1.76 bits per heavy atom. The van der Waals surface area contributed by atoms with Crippen LogP contribution in [0.4, 0.5) is 23.2 Å². The predicted octanol–water partition coefficient (Wildman–Crippen LogP) is 5.63. The first-order valence-corrected chi connectivity index (χ1v) is 11.2. The summed E-state index contributed by atoms with van der Waals surface area (Å²) < 4.78 is 60.1. The van der Waals surface area contributed by atoms with E-state index in [4.69, 9.17) is 4.74 Å². The van der Waals surface area contributed by atoms with Crippen LogP contribution in [0.1, 0.15) is 27.6 Å². The molecular weight excluding hydrogens is 504 g/mol. The number of nitrogens with one attached hydrogen (secondary N) is 2. The molecule has 0 saturated heterocycles. The van der Waals surface area contributed by atoms with Crippen molar-refractivity contribution in [2.75, 3.05) is 5.32 Å². The van der Waals surface area contributed by atoms with Gasteiger partial charge < -0.3 is 10.1 Å². The van der Waals surface area contributed by atoms with Crippen LogP contribution in [0.2, 0.25) is 0 Å². The standard InChI is InChI=1S/C26H18F4N6O2/c27-20-11-8-17(23-31-13-21-24(33-23)35-36-34-21)12-19(20)25(37)32-18-9-6-15(7-10-18)14-38-22(26(28,29)30)16-4-2-1-3-5-16/h1-13,22H,14H2,(H,32,37)(H,31,33,34,35,36)/t22-/m1/s1. The molecule has 2 heterocycles. The van der Waals surface area contributed by atoms with Crippen LogP contribution in [-0.4, -0.2) is 37.5 Å². The first kappa shape index (κ1) is 25.0. The molecule has 0 unspecified atom stereocenters. The Labute approximate surface area is 212 Å². The molecular formula is C26H18F4N6O2. The van der Waals surface area contributed by atoms with Gasteiger partial charge in [0, 0.05) is 11.3 Å². The Morgan fingerprint density at radius 1 is 1.00 bits per heavy atom. The highest BCUT2D eigenvalue weighted by Gasteiger charge is 2.41. The van der Waals surface area contributed by atoms with Crippen LogP contribution in [0, 0.1) is 5.82 Å². The molecule has 38 heavy (non-hydrogen) atoms. The molecule has 0 aliphatic heterocycles. The number of rotatable bonds is 7. The van der Waals surface area contributed by atoms with E-state index in [0.717, 1.165) is 6.07 Å². The number of hydrogen-bond acceptors (Lipinski definition) is 6. The summed E-state index contributed by atoms with van der Waals surface area (Å²) in [6.45, 7) is -0.306. The minimum atomic E-state index is -4.58. The van der Waals surface area contributed by atoms with Crippen LogP contribution in [0.25, 0.3) is 22.6 Å². The summed E-state index contributed by atoms with van der Waals surface area (Å²) >= 11 is 0. The number of amides is 1. The molecule has 0 aliphatic rings. The third-order valence-electron chi connectivity index (χ3n) is 5.57. The Bertz CT molecular complexity index is 1570. The molecule has 0 bridgehead atoms. The van der Waals surface area contributed by atoms with Crippen molar-refractivity contribution in [3.05, 3.63) is 102 Å². The second-order valence-corrected chi connectivity index (χ2v) is 8.22. The maximum atomic E-state index is 14.5. The number of alkyl halides is 3. The molecule has 0 spiro atoms. The van der Waals surface area contributed by atoms with Crippen molar-refractivity contribution < 1.29 is 27.1 Å². The van der Waals surface area contributed by atoms with Crippen LogP contribution in [0.15, 0.2) is 79.0 Å².